The number of hydrogen-bond donors (Lipinski definition) is 1. The molecule has 1 aliphatic carbocycles. The van der Waals surface area contributed by atoms with Gasteiger partial charge in [-0.3, -0.25) is 19.2 Å². The van der Waals surface area contributed by atoms with E-state index in [0.29, 0.717) is 50.3 Å². The zero-order chi connectivity index (χ0) is 27.2. The number of fused-ring (bicyclic) bond motifs is 1. The fraction of sp³-hybridized carbons (Fsp3) is 0.607. The lowest BCUT2D eigenvalue weighted by molar-refractivity contribution is -0.149. The third-order valence-corrected chi connectivity index (χ3v) is 8.06. The van der Waals surface area contributed by atoms with Gasteiger partial charge in [0.1, 0.15) is 5.82 Å². The zero-order valence-corrected chi connectivity index (χ0v) is 23.0. The number of esters is 1. The molecule has 0 spiro atoms. The first-order valence-electron chi connectivity index (χ1n) is 13.6. The number of carbonyl (C=O) groups excluding carboxylic acids is 3. The Morgan fingerprint density at radius 2 is 1.87 bits per heavy atom. The molecule has 0 bridgehead atoms. The van der Waals surface area contributed by atoms with Crippen molar-refractivity contribution < 1.29 is 19.1 Å². The number of hydrogen-bond acceptors (Lipinski definition) is 6. The van der Waals surface area contributed by atoms with Gasteiger partial charge in [-0.25, -0.2) is 4.98 Å². The van der Waals surface area contributed by atoms with Crippen LogP contribution < -0.4 is 5.56 Å². The van der Waals surface area contributed by atoms with E-state index in [1.54, 1.807) is 9.80 Å². The normalized spacial score (nSPS) is 21.6. The van der Waals surface area contributed by atoms with Crippen LogP contribution in [-0.4, -0.2) is 69.7 Å². The first kappa shape index (κ1) is 28.1. The van der Waals surface area contributed by atoms with Crippen LogP contribution in [0.25, 0.3) is 5.57 Å². The molecule has 2 unspecified atom stereocenters. The van der Waals surface area contributed by atoms with Crippen molar-refractivity contribution in [2.75, 3.05) is 26.7 Å². The number of nitrogens with one attached hydrogen (secondary N) is 1. The number of allylic oxidation sites excluding steroid dienone is 4. The lowest BCUT2D eigenvalue weighted by Crippen LogP contribution is -2.43. The average Bonchev–Trinajstić information content (AvgIpc) is 2.94. The molecule has 1 N–H and O–H groups in total. The fourth-order valence-corrected chi connectivity index (χ4v) is 5.61. The van der Waals surface area contributed by atoms with Gasteiger partial charge in [-0.05, 0) is 25.7 Å². The number of ether oxygens (including phenoxy) is 1. The van der Waals surface area contributed by atoms with E-state index in [2.05, 4.69) is 11.9 Å². The molecule has 9 nitrogen and oxygen atoms in total. The van der Waals surface area contributed by atoms with Crippen molar-refractivity contribution in [1.29, 1.82) is 0 Å². The molecule has 1 saturated heterocycles. The van der Waals surface area contributed by atoms with Gasteiger partial charge < -0.3 is 19.5 Å². The minimum Gasteiger partial charge on any atom is -0.469 e. The number of halogens is 1. The van der Waals surface area contributed by atoms with Gasteiger partial charge >= 0.3 is 5.97 Å². The topological polar surface area (TPSA) is 113 Å². The number of piperidine rings is 1. The molecular formula is C28H37ClN4O5. The molecule has 1 aromatic heterocycles. The molecule has 2 atom stereocenters. The highest BCUT2D eigenvalue weighted by Gasteiger charge is 2.33. The Bertz CT molecular complexity index is 1170. The molecule has 38 heavy (non-hydrogen) atoms. The highest BCUT2D eigenvalue weighted by atomic mass is 35.5. The third kappa shape index (κ3) is 6.54. The first-order chi connectivity index (χ1) is 18.3. The maximum absolute atomic E-state index is 13.2. The summed E-state index contributed by atoms with van der Waals surface area (Å²) in [6.07, 6.45) is 10.6. The van der Waals surface area contributed by atoms with Crippen LogP contribution in [-0.2, 0) is 25.7 Å². The van der Waals surface area contributed by atoms with Gasteiger partial charge in [0.25, 0.3) is 5.56 Å². The second-order valence-corrected chi connectivity index (χ2v) is 10.9. The van der Waals surface area contributed by atoms with E-state index in [1.807, 2.05) is 18.2 Å². The molecule has 0 radical (unpaired) electrons. The average molecular weight is 545 g/mol. The van der Waals surface area contributed by atoms with Crippen molar-refractivity contribution in [3.05, 3.63) is 45.7 Å². The molecule has 2 amide bonds. The summed E-state index contributed by atoms with van der Waals surface area (Å²) in [6, 6.07) is 0. The van der Waals surface area contributed by atoms with Crippen molar-refractivity contribution in [2.24, 2.45) is 5.92 Å². The SMILES string of the molecule is CCCCC1CN(C(=O)CCC(=O)N2CCC(C(=O)OC)CC2)Cc2c1nc(C1=CCC(Cl)C=C1)[nH]c2=O. The number of methoxy groups -OCH3 is 1. The lowest BCUT2D eigenvalue weighted by atomic mass is 9.90. The Kier molecular flexibility index (Phi) is 9.41. The summed E-state index contributed by atoms with van der Waals surface area (Å²) in [5, 5.41) is -0.0569. The molecule has 1 aromatic rings. The molecule has 3 heterocycles. The van der Waals surface area contributed by atoms with Crippen molar-refractivity contribution in [1.82, 2.24) is 19.8 Å². The smallest absolute Gasteiger partial charge is 0.308 e. The minimum absolute atomic E-state index is 0.0364. The summed E-state index contributed by atoms with van der Waals surface area (Å²) < 4.78 is 4.81. The van der Waals surface area contributed by atoms with Gasteiger partial charge in [0.05, 0.1) is 36.2 Å². The van der Waals surface area contributed by atoms with E-state index in [-0.39, 0.29) is 59.9 Å². The lowest BCUT2D eigenvalue weighted by Gasteiger charge is -2.34. The highest BCUT2D eigenvalue weighted by molar-refractivity contribution is 6.22. The highest BCUT2D eigenvalue weighted by Crippen LogP contribution is 2.31. The number of aromatic nitrogens is 2. The van der Waals surface area contributed by atoms with Gasteiger partial charge in [-0.1, -0.05) is 38.0 Å². The molecule has 3 aliphatic rings. The standard InChI is InChI=1S/C28H37ClN4O5/c1-3-4-5-20-16-33(24(35)11-10-23(34)32-14-12-19(13-15-32)28(37)38-2)17-22-25(20)30-26(31-27(22)36)18-6-8-21(29)9-7-18/h6-8,19-21H,3-5,9-17H2,1-2H3,(H,30,31,36). The maximum Gasteiger partial charge on any atom is 0.308 e. The summed E-state index contributed by atoms with van der Waals surface area (Å²) in [4.78, 5) is 62.0. The zero-order valence-electron chi connectivity index (χ0n) is 22.2. The van der Waals surface area contributed by atoms with Crippen molar-refractivity contribution in [2.45, 2.75) is 76.1 Å². The number of unbranched alkanes of at least 4 members (excludes halogenated alkanes) is 1. The Balaban J connectivity index is 1.42. The van der Waals surface area contributed by atoms with Crippen molar-refractivity contribution in [3.8, 4) is 0 Å². The maximum atomic E-state index is 13.2. The number of amides is 2. The third-order valence-electron chi connectivity index (χ3n) is 7.74. The summed E-state index contributed by atoms with van der Waals surface area (Å²) in [5.74, 6) is -0.123. The van der Waals surface area contributed by atoms with E-state index in [9.17, 15) is 19.2 Å². The second kappa shape index (κ2) is 12.7. The number of alkyl halides is 1. The molecule has 2 aliphatic heterocycles. The van der Waals surface area contributed by atoms with E-state index < -0.39 is 0 Å². The number of rotatable bonds is 8. The second-order valence-electron chi connectivity index (χ2n) is 10.3. The Labute approximate surface area is 228 Å². The van der Waals surface area contributed by atoms with Gasteiger partial charge in [0.2, 0.25) is 11.8 Å². The van der Waals surface area contributed by atoms with Crippen LogP contribution >= 0.6 is 11.6 Å². The van der Waals surface area contributed by atoms with E-state index >= 15 is 0 Å². The van der Waals surface area contributed by atoms with E-state index in [4.69, 9.17) is 21.3 Å². The summed E-state index contributed by atoms with van der Waals surface area (Å²) >= 11 is 6.15. The minimum atomic E-state index is -0.234. The fourth-order valence-electron chi connectivity index (χ4n) is 5.45. The summed E-state index contributed by atoms with van der Waals surface area (Å²) in [6.45, 7) is 3.77. The van der Waals surface area contributed by atoms with Crippen LogP contribution in [0, 0.1) is 5.92 Å². The Morgan fingerprint density at radius 3 is 2.50 bits per heavy atom. The quantitative estimate of drug-likeness (QED) is 0.396. The Hall–Kier alpha value is -2.94. The van der Waals surface area contributed by atoms with Crippen LogP contribution in [0.15, 0.2) is 23.0 Å². The molecule has 10 heteroatoms. The molecule has 0 saturated carbocycles. The van der Waals surface area contributed by atoms with Crippen LogP contribution in [0.2, 0.25) is 0 Å². The molecule has 206 valence electrons. The van der Waals surface area contributed by atoms with Crippen LogP contribution in [0.3, 0.4) is 0 Å². The molecular weight excluding hydrogens is 508 g/mol. The number of nitrogens with zero attached hydrogens (tertiary/aromatic N) is 3. The monoisotopic (exact) mass is 544 g/mol. The molecule has 0 aromatic carbocycles. The van der Waals surface area contributed by atoms with Crippen molar-refractivity contribution in [3.63, 3.8) is 0 Å². The largest absolute Gasteiger partial charge is 0.469 e. The predicted molar refractivity (Wildman–Crippen MR) is 144 cm³/mol. The molecule has 4 rings (SSSR count). The van der Waals surface area contributed by atoms with Gasteiger partial charge in [-0.15, -0.1) is 11.6 Å². The first-order valence-corrected chi connectivity index (χ1v) is 14.0. The Morgan fingerprint density at radius 1 is 1.16 bits per heavy atom. The number of likely N-dealkylation sites (tertiary alicyclic amines) is 1. The number of carbonyl (C=O) groups is 3. The van der Waals surface area contributed by atoms with Crippen LogP contribution in [0.1, 0.15) is 81.3 Å². The summed E-state index contributed by atoms with van der Waals surface area (Å²) in [5.41, 5.74) is 1.92. The predicted octanol–water partition coefficient (Wildman–Crippen LogP) is 3.53. The van der Waals surface area contributed by atoms with E-state index in [0.717, 1.165) is 30.5 Å². The van der Waals surface area contributed by atoms with Crippen molar-refractivity contribution >= 4 is 35.0 Å². The van der Waals surface area contributed by atoms with Gasteiger partial charge in [0, 0.05) is 44.0 Å². The van der Waals surface area contributed by atoms with Crippen LogP contribution in [0.5, 0.6) is 0 Å². The van der Waals surface area contributed by atoms with Gasteiger partial charge in [0.15, 0.2) is 0 Å². The number of H-pyrrole nitrogens is 1. The van der Waals surface area contributed by atoms with Gasteiger partial charge in [-0.2, -0.15) is 0 Å². The van der Waals surface area contributed by atoms with E-state index in [1.165, 1.54) is 7.11 Å². The summed E-state index contributed by atoms with van der Waals surface area (Å²) in [7, 11) is 1.38. The van der Waals surface area contributed by atoms with Crippen LogP contribution in [0.4, 0.5) is 0 Å². The number of aromatic amines is 1. The molecule has 1 fully saturated rings.